The van der Waals surface area contributed by atoms with E-state index in [1.807, 2.05) is 39.8 Å². The molecule has 0 aliphatic carbocycles. The molecule has 0 spiro atoms. The lowest BCUT2D eigenvalue weighted by Gasteiger charge is -2.29. The zero-order valence-corrected chi connectivity index (χ0v) is 13.3. The van der Waals surface area contributed by atoms with Gasteiger partial charge in [0.15, 0.2) is 0 Å². The van der Waals surface area contributed by atoms with Crippen molar-refractivity contribution < 1.29 is 14.6 Å². The van der Waals surface area contributed by atoms with Crippen molar-refractivity contribution in [2.75, 3.05) is 6.61 Å². The maximum Gasteiger partial charge on any atom is 0.220 e. The molecule has 4 heteroatoms. The lowest BCUT2D eigenvalue weighted by atomic mass is 9.90. The van der Waals surface area contributed by atoms with Crippen LogP contribution in [0.2, 0.25) is 0 Å². The number of hydrogen-bond donors (Lipinski definition) is 2. The molecule has 0 saturated carbocycles. The Bertz CT molecular complexity index is 525. The number of carbonyl (C=O) groups is 1. The quantitative estimate of drug-likeness (QED) is 0.896. The summed E-state index contributed by atoms with van der Waals surface area (Å²) in [4.78, 5) is 11.7. The third kappa shape index (κ3) is 3.38. The van der Waals surface area contributed by atoms with Gasteiger partial charge in [0.25, 0.3) is 0 Å². The average molecular weight is 291 g/mol. The van der Waals surface area contributed by atoms with Crippen molar-refractivity contribution in [2.24, 2.45) is 5.92 Å². The summed E-state index contributed by atoms with van der Waals surface area (Å²) in [7, 11) is 0. The molecule has 4 nitrogen and oxygen atoms in total. The van der Waals surface area contributed by atoms with E-state index in [1.165, 1.54) is 0 Å². The van der Waals surface area contributed by atoms with Gasteiger partial charge in [-0.15, -0.1) is 0 Å². The fourth-order valence-corrected chi connectivity index (χ4v) is 2.72. The number of ether oxygens (including phenoxy) is 1. The van der Waals surface area contributed by atoms with E-state index < -0.39 is 6.10 Å². The number of aliphatic hydroxyl groups excluding tert-OH is 1. The van der Waals surface area contributed by atoms with Crippen molar-refractivity contribution in [2.45, 2.75) is 52.7 Å². The van der Waals surface area contributed by atoms with Crippen molar-refractivity contribution in [1.29, 1.82) is 0 Å². The van der Waals surface area contributed by atoms with Crippen LogP contribution < -0.4 is 10.1 Å². The minimum atomic E-state index is -0.501. The summed E-state index contributed by atoms with van der Waals surface area (Å²) in [6, 6.07) is 3.93. The first-order valence-corrected chi connectivity index (χ1v) is 7.68. The number of hydrogen-bond acceptors (Lipinski definition) is 3. The molecule has 1 aromatic carbocycles. The summed E-state index contributed by atoms with van der Waals surface area (Å²) in [5, 5.41) is 13.4. The molecular weight excluding hydrogens is 266 g/mol. The summed E-state index contributed by atoms with van der Waals surface area (Å²) in [5.41, 5.74) is 2.89. The first kappa shape index (κ1) is 15.8. The number of nitrogens with one attached hydrogen (secondary N) is 1. The second-order valence-corrected chi connectivity index (χ2v) is 6.06. The summed E-state index contributed by atoms with van der Waals surface area (Å²) in [5.74, 6) is 1.04. The van der Waals surface area contributed by atoms with Gasteiger partial charge in [-0.1, -0.05) is 20.8 Å². The Balaban J connectivity index is 2.38. The zero-order valence-electron chi connectivity index (χ0n) is 13.3. The number of carbonyl (C=O) groups excluding carboxylic acids is 1. The van der Waals surface area contributed by atoms with Gasteiger partial charge in [-0.3, -0.25) is 4.79 Å². The Labute approximate surface area is 126 Å². The SMILES string of the molecule is CCC(=O)NC1CCOc2c(C)cc(C(O)C(C)C)cc21. The highest BCUT2D eigenvalue weighted by molar-refractivity contribution is 5.76. The Kier molecular flexibility index (Phi) is 4.88. The summed E-state index contributed by atoms with van der Waals surface area (Å²) >= 11 is 0. The molecule has 1 aromatic rings. The van der Waals surface area contributed by atoms with Crippen LogP contribution in [-0.4, -0.2) is 17.6 Å². The smallest absolute Gasteiger partial charge is 0.220 e. The number of aryl methyl sites for hydroxylation is 1. The van der Waals surface area contributed by atoms with Crippen LogP contribution in [-0.2, 0) is 4.79 Å². The molecule has 116 valence electrons. The lowest BCUT2D eigenvalue weighted by molar-refractivity contribution is -0.121. The second kappa shape index (κ2) is 6.48. The maximum absolute atomic E-state index is 11.7. The monoisotopic (exact) mass is 291 g/mol. The normalized spacial score (nSPS) is 18.9. The van der Waals surface area contributed by atoms with Crippen LogP contribution in [0.4, 0.5) is 0 Å². The van der Waals surface area contributed by atoms with Gasteiger partial charge in [-0.05, 0) is 36.1 Å². The third-order valence-corrected chi connectivity index (χ3v) is 3.98. The number of fused-ring (bicyclic) bond motifs is 1. The van der Waals surface area contributed by atoms with E-state index in [0.29, 0.717) is 13.0 Å². The summed E-state index contributed by atoms with van der Waals surface area (Å²) < 4.78 is 5.76. The predicted octanol–water partition coefficient (Wildman–Crippen LogP) is 3.03. The van der Waals surface area contributed by atoms with E-state index in [9.17, 15) is 9.90 Å². The molecule has 0 fully saturated rings. The van der Waals surface area contributed by atoms with Crippen LogP contribution in [0.15, 0.2) is 12.1 Å². The minimum absolute atomic E-state index is 0.0285. The van der Waals surface area contributed by atoms with Gasteiger partial charge < -0.3 is 15.2 Å². The largest absolute Gasteiger partial charge is 0.493 e. The summed E-state index contributed by atoms with van der Waals surface area (Å²) in [6.45, 7) is 8.42. The zero-order chi connectivity index (χ0) is 15.6. The topological polar surface area (TPSA) is 58.6 Å². The molecule has 1 amide bonds. The minimum Gasteiger partial charge on any atom is -0.493 e. The van der Waals surface area contributed by atoms with Crippen LogP contribution in [0, 0.1) is 12.8 Å². The molecular formula is C17H25NO3. The van der Waals surface area contributed by atoms with Crippen LogP contribution >= 0.6 is 0 Å². The van der Waals surface area contributed by atoms with Gasteiger partial charge in [0, 0.05) is 18.4 Å². The summed E-state index contributed by atoms with van der Waals surface area (Å²) in [6.07, 6.45) is 0.734. The van der Waals surface area contributed by atoms with E-state index >= 15 is 0 Å². The fourth-order valence-electron chi connectivity index (χ4n) is 2.72. The van der Waals surface area contributed by atoms with Gasteiger partial charge in [-0.2, -0.15) is 0 Å². The fraction of sp³-hybridized carbons (Fsp3) is 0.588. The van der Waals surface area contributed by atoms with Gasteiger partial charge in [0.1, 0.15) is 5.75 Å². The highest BCUT2D eigenvalue weighted by Crippen LogP contribution is 2.38. The molecule has 1 aliphatic heterocycles. The molecule has 0 saturated heterocycles. The van der Waals surface area contributed by atoms with E-state index in [4.69, 9.17) is 4.74 Å². The average Bonchev–Trinajstić information content (AvgIpc) is 2.46. The van der Waals surface area contributed by atoms with Crippen molar-refractivity contribution in [1.82, 2.24) is 5.32 Å². The number of amides is 1. The van der Waals surface area contributed by atoms with E-state index in [-0.39, 0.29) is 17.9 Å². The Morgan fingerprint density at radius 3 is 2.81 bits per heavy atom. The first-order chi connectivity index (χ1) is 9.93. The Morgan fingerprint density at radius 1 is 1.48 bits per heavy atom. The molecule has 0 bridgehead atoms. The van der Waals surface area contributed by atoms with Crippen LogP contribution in [0.5, 0.6) is 5.75 Å². The highest BCUT2D eigenvalue weighted by atomic mass is 16.5. The molecule has 2 N–H and O–H groups in total. The van der Waals surface area contributed by atoms with Crippen molar-refractivity contribution in [3.63, 3.8) is 0 Å². The Hall–Kier alpha value is -1.55. The van der Waals surface area contributed by atoms with Gasteiger partial charge in [0.2, 0.25) is 5.91 Å². The highest BCUT2D eigenvalue weighted by Gasteiger charge is 2.26. The van der Waals surface area contributed by atoms with Crippen LogP contribution in [0.25, 0.3) is 0 Å². The van der Waals surface area contributed by atoms with Gasteiger partial charge in [0.05, 0.1) is 18.8 Å². The van der Waals surface area contributed by atoms with E-state index in [0.717, 1.165) is 28.9 Å². The standard InChI is InChI=1S/C17H25NO3/c1-5-15(19)18-14-6-7-21-17-11(4)8-12(9-13(14)17)16(20)10(2)3/h8-10,14,16,20H,5-7H2,1-4H3,(H,18,19). The molecule has 1 aliphatic rings. The van der Waals surface area contributed by atoms with Crippen LogP contribution in [0.1, 0.15) is 62.4 Å². The van der Waals surface area contributed by atoms with E-state index in [2.05, 4.69) is 5.32 Å². The number of aliphatic hydroxyl groups is 1. The maximum atomic E-state index is 11.7. The van der Waals surface area contributed by atoms with Crippen molar-refractivity contribution in [3.05, 3.63) is 28.8 Å². The molecule has 21 heavy (non-hydrogen) atoms. The molecule has 2 atom stereocenters. The molecule has 0 aromatic heterocycles. The number of rotatable bonds is 4. The molecule has 2 rings (SSSR count). The molecule has 2 unspecified atom stereocenters. The van der Waals surface area contributed by atoms with Gasteiger partial charge in [-0.25, -0.2) is 0 Å². The van der Waals surface area contributed by atoms with Crippen LogP contribution in [0.3, 0.4) is 0 Å². The van der Waals surface area contributed by atoms with Crippen molar-refractivity contribution in [3.8, 4) is 5.75 Å². The third-order valence-electron chi connectivity index (χ3n) is 3.98. The van der Waals surface area contributed by atoms with E-state index in [1.54, 1.807) is 0 Å². The number of benzene rings is 1. The predicted molar refractivity (Wildman–Crippen MR) is 82.3 cm³/mol. The van der Waals surface area contributed by atoms with Crippen molar-refractivity contribution >= 4 is 5.91 Å². The Morgan fingerprint density at radius 2 is 2.19 bits per heavy atom. The first-order valence-electron chi connectivity index (χ1n) is 7.68. The lowest BCUT2D eigenvalue weighted by Crippen LogP contribution is -2.32. The van der Waals surface area contributed by atoms with Gasteiger partial charge >= 0.3 is 0 Å². The second-order valence-electron chi connectivity index (χ2n) is 6.06. The molecule has 1 heterocycles. The molecule has 0 radical (unpaired) electrons.